The molecular formula is C29H23N7O4. The molecule has 3 heterocycles. The summed E-state index contributed by atoms with van der Waals surface area (Å²) in [7, 11) is 1.61. The third kappa shape index (κ3) is 4.90. The lowest BCUT2D eigenvalue weighted by Gasteiger charge is -2.10. The van der Waals surface area contributed by atoms with Crippen molar-refractivity contribution < 1.29 is 18.9 Å². The second kappa shape index (κ2) is 10.6. The summed E-state index contributed by atoms with van der Waals surface area (Å²) < 4.78 is 17.9. The molecule has 3 N–H and O–H groups in total. The van der Waals surface area contributed by atoms with Crippen LogP contribution in [0.2, 0.25) is 0 Å². The van der Waals surface area contributed by atoms with E-state index in [2.05, 4.69) is 25.6 Å². The summed E-state index contributed by atoms with van der Waals surface area (Å²) in [5.74, 6) is 1.89. The Bertz CT molecular complexity index is 1800. The smallest absolute Gasteiger partial charge is 0.251 e. The average Bonchev–Trinajstić information content (AvgIpc) is 3.59. The van der Waals surface area contributed by atoms with Crippen LogP contribution in [0.3, 0.4) is 0 Å². The summed E-state index contributed by atoms with van der Waals surface area (Å²) in [6.07, 6.45) is 1.60. The van der Waals surface area contributed by atoms with E-state index >= 15 is 0 Å². The average molecular weight is 534 g/mol. The van der Waals surface area contributed by atoms with Gasteiger partial charge in [-0.3, -0.25) is 9.36 Å². The maximum atomic E-state index is 12.8. The number of imidazole rings is 1. The Hall–Kier alpha value is -5.71. The summed E-state index contributed by atoms with van der Waals surface area (Å²) in [6, 6.07) is 25.8. The molecule has 0 spiro atoms. The summed E-state index contributed by atoms with van der Waals surface area (Å²) in [4.78, 5) is 21.9. The van der Waals surface area contributed by atoms with Crippen LogP contribution in [0.1, 0.15) is 15.9 Å². The minimum absolute atomic E-state index is 0.124. The molecule has 0 radical (unpaired) electrons. The molecule has 0 atom stereocenters. The molecule has 0 bridgehead atoms. The standard InChI is InChI=1S/C29H23N7O4/c1-38-21-12-10-18(11-13-21)16-32-29(37)19-6-5-9-22(14-19)39-25-15-24-23(17-31-25)33-28(26-27(30)35-40-34-26)36(24)20-7-3-2-4-8-20/h2-15,17H,16H2,1H3,(H2,30,35)(H,32,37). The van der Waals surface area contributed by atoms with Gasteiger partial charge in [-0.15, -0.1) is 0 Å². The molecule has 0 aliphatic heterocycles. The molecule has 1 amide bonds. The number of rotatable bonds is 8. The van der Waals surface area contributed by atoms with E-state index in [1.54, 1.807) is 43.6 Å². The lowest BCUT2D eigenvalue weighted by atomic mass is 10.2. The maximum Gasteiger partial charge on any atom is 0.251 e. The van der Waals surface area contributed by atoms with Crippen LogP contribution in [-0.2, 0) is 6.54 Å². The molecule has 6 rings (SSSR count). The first kappa shape index (κ1) is 24.6. The molecule has 0 unspecified atom stereocenters. The summed E-state index contributed by atoms with van der Waals surface area (Å²) in [6.45, 7) is 0.378. The van der Waals surface area contributed by atoms with Crippen molar-refractivity contribution in [3.05, 3.63) is 102 Å². The fraction of sp³-hybridized carbons (Fsp3) is 0.0690. The number of pyridine rings is 1. The number of hydrogen-bond acceptors (Lipinski definition) is 9. The maximum absolute atomic E-state index is 12.8. The number of ether oxygens (including phenoxy) is 2. The fourth-order valence-corrected chi connectivity index (χ4v) is 4.22. The van der Waals surface area contributed by atoms with Crippen LogP contribution < -0.4 is 20.5 Å². The van der Waals surface area contributed by atoms with Gasteiger partial charge in [0.2, 0.25) is 5.88 Å². The molecule has 6 aromatic rings. The molecule has 40 heavy (non-hydrogen) atoms. The molecular weight excluding hydrogens is 510 g/mol. The van der Waals surface area contributed by atoms with E-state index in [-0.39, 0.29) is 11.7 Å². The van der Waals surface area contributed by atoms with Crippen LogP contribution in [0.25, 0.3) is 28.2 Å². The van der Waals surface area contributed by atoms with Gasteiger partial charge in [-0.25, -0.2) is 14.6 Å². The Morgan fingerprint density at radius 1 is 0.975 bits per heavy atom. The summed E-state index contributed by atoms with van der Waals surface area (Å²) >= 11 is 0. The fourth-order valence-electron chi connectivity index (χ4n) is 4.22. The van der Waals surface area contributed by atoms with Crippen molar-refractivity contribution >= 4 is 22.8 Å². The Morgan fingerprint density at radius 3 is 2.55 bits per heavy atom. The number of para-hydroxylation sites is 1. The molecule has 198 valence electrons. The second-order valence-electron chi connectivity index (χ2n) is 8.78. The normalized spacial score (nSPS) is 10.9. The summed E-state index contributed by atoms with van der Waals surface area (Å²) in [5, 5.41) is 10.6. The number of benzene rings is 3. The molecule has 3 aromatic heterocycles. The van der Waals surface area contributed by atoms with Gasteiger partial charge in [0, 0.05) is 23.9 Å². The van der Waals surface area contributed by atoms with E-state index in [0.29, 0.717) is 46.3 Å². The molecule has 3 aromatic carbocycles. The van der Waals surface area contributed by atoms with Crippen molar-refractivity contribution in [2.24, 2.45) is 0 Å². The third-order valence-electron chi connectivity index (χ3n) is 6.19. The van der Waals surface area contributed by atoms with Crippen molar-refractivity contribution in [2.45, 2.75) is 6.54 Å². The van der Waals surface area contributed by atoms with E-state index in [0.717, 1.165) is 17.0 Å². The predicted octanol–water partition coefficient (Wildman–Crippen LogP) is 4.78. The van der Waals surface area contributed by atoms with Gasteiger partial charge in [0.25, 0.3) is 5.91 Å². The molecule has 0 saturated carbocycles. The molecule has 0 aliphatic carbocycles. The van der Waals surface area contributed by atoms with E-state index in [1.165, 1.54) is 0 Å². The Morgan fingerprint density at radius 2 is 1.80 bits per heavy atom. The van der Waals surface area contributed by atoms with Crippen LogP contribution in [0.15, 0.2) is 95.8 Å². The van der Waals surface area contributed by atoms with Crippen LogP contribution in [0.4, 0.5) is 5.82 Å². The first-order chi connectivity index (χ1) is 19.6. The second-order valence-corrected chi connectivity index (χ2v) is 8.78. The number of nitrogens with zero attached hydrogens (tertiary/aromatic N) is 5. The van der Waals surface area contributed by atoms with Crippen molar-refractivity contribution in [1.82, 2.24) is 30.2 Å². The van der Waals surface area contributed by atoms with Gasteiger partial charge >= 0.3 is 0 Å². The Labute approximate surface area is 228 Å². The zero-order valence-corrected chi connectivity index (χ0v) is 21.3. The predicted molar refractivity (Wildman–Crippen MR) is 147 cm³/mol. The number of carbonyl (C=O) groups is 1. The van der Waals surface area contributed by atoms with Gasteiger partial charge in [0.1, 0.15) is 17.0 Å². The molecule has 11 nitrogen and oxygen atoms in total. The number of nitrogens with one attached hydrogen (secondary N) is 1. The zero-order chi connectivity index (χ0) is 27.5. The number of anilines is 1. The van der Waals surface area contributed by atoms with E-state index < -0.39 is 0 Å². The van der Waals surface area contributed by atoms with Crippen LogP contribution in [0, 0.1) is 0 Å². The SMILES string of the molecule is COc1ccc(CNC(=O)c2cccc(Oc3cc4c(cn3)nc(-c3nonc3N)n4-c3ccccc3)c2)cc1. The van der Waals surface area contributed by atoms with Gasteiger partial charge in [-0.2, -0.15) is 0 Å². The van der Waals surface area contributed by atoms with Gasteiger partial charge in [0.15, 0.2) is 17.3 Å². The number of hydrogen-bond donors (Lipinski definition) is 2. The van der Waals surface area contributed by atoms with Crippen molar-refractivity contribution in [3.63, 3.8) is 0 Å². The Kier molecular flexibility index (Phi) is 6.51. The highest BCUT2D eigenvalue weighted by Crippen LogP contribution is 2.32. The minimum Gasteiger partial charge on any atom is -0.497 e. The lowest BCUT2D eigenvalue weighted by molar-refractivity contribution is 0.0950. The number of amides is 1. The quantitative estimate of drug-likeness (QED) is 0.282. The van der Waals surface area contributed by atoms with Crippen LogP contribution in [-0.4, -0.2) is 37.9 Å². The van der Waals surface area contributed by atoms with Gasteiger partial charge in [-0.05, 0) is 58.3 Å². The molecule has 0 fully saturated rings. The van der Waals surface area contributed by atoms with Crippen molar-refractivity contribution in [3.8, 4) is 34.6 Å². The Balaban J connectivity index is 1.27. The number of fused-ring (bicyclic) bond motifs is 1. The monoisotopic (exact) mass is 533 g/mol. The molecule has 0 aliphatic rings. The first-order valence-electron chi connectivity index (χ1n) is 12.3. The highest BCUT2D eigenvalue weighted by atomic mass is 16.6. The summed E-state index contributed by atoms with van der Waals surface area (Å²) in [5.41, 5.74) is 9.84. The minimum atomic E-state index is -0.227. The highest BCUT2D eigenvalue weighted by molar-refractivity contribution is 5.94. The van der Waals surface area contributed by atoms with Crippen LogP contribution in [0.5, 0.6) is 17.4 Å². The van der Waals surface area contributed by atoms with E-state index in [9.17, 15) is 4.79 Å². The number of nitrogen functional groups attached to an aromatic ring is 1. The van der Waals surface area contributed by atoms with Crippen molar-refractivity contribution in [2.75, 3.05) is 12.8 Å². The lowest BCUT2D eigenvalue weighted by Crippen LogP contribution is -2.22. The largest absolute Gasteiger partial charge is 0.497 e. The number of methoxy groups -OCH3 is 1. The number of aromatic nitrogens is 5. The van der Waals surface area contributed by atoms with E-state index in [4.69, 9.17) is 19.8 Å². The zero-order valence-electron chi connectivity index (χ0n) is 21.3. The number of nitrogens with two attached hydrogens (primary N) is 1. The van der Waals surface area contributed by atoms with Gasteiger partial charge in [-0.1, -0.05) is 36.4 Å². The van der Waals surface area contributed by atoms with Gasteiger partial charge in [0.05, 0.1) is 18.8 Å². The highest BCUT2D eigenvalue weighted by Gasteiger charge is 2.21. The topological polar surface area (TPSA) is 143 Å². The molecule has 0 saturated heterocycles. The van der Waals surface area contributed by atoms with Gasteiger partial charge < -0.3 is 20.5 Å². The first-order valence-corrected chi connectivity index (χ1v) is 12.3. The molecule has 11 heteroatoms. The number of carbonyl (C=O) groups excluding carboxylic acids is 1. The van der Waals surface area contributed by atoms with Crippen LogP contribution >= 0.6 is 0 Å². The third-order valence-corrected chi connectivity index (χ3v) is 6.19. The van der Waals surface area contributed by atoms with E-state index in [1.807, 2.05) is 59.2 Å². The van der Waals surface area contributed by atoms with Crippen molar-refractivity contribution in [1.29, 1.82) is 0 Å².